The van der Waals surface area contributed by atoms with E-state index in [1.807, 2.05) is 0 Å². The van der Waals surface area contributed by atoms with E-state index in [9.17, 15) is 8.78 Å². The van der Waals surface area contributed by atoms with Crippen molar-refractivity contribution in [1.29, 1.82) is 0 Å². The predicted molar refractivity (Wildman–Crippen MR) is 76.6 cm³/mol. The molecule has 0 aliphatic heterocycles. The number of rotatable bonds is 4. The highest BCUT2D eigenvalue weighted by Crippen LogP contribution is 2.28. The van der Waals surface area contributed by atoms with Crippen LogP contribution in [0.1, 0.15) is 17.2 Å². The van der Waals surface area contributed by atoms with E-state index in [0.29, 0.717) is 16.1 Å². The molecule has 0 radical (unpaired) electrons. The maximum atomic E-state index is 13.7. The van der Waals surface area contributed by atoms with Crippen LogP contribution in [0.3, 0.4) is 0 Å². The zero-order valence-corrected chi connectivity index (χ0v) is 11.8. The van der Waals surface area contributed by atoms with Crippen molar-refractivity contribution < 1.29 is 8.78 Å². The fraction of sp³-hybridized carbons (Fsp3) is 0.143. The fourth-order valence-corrected chi connectivity index (χ4v) is 2.42. The lowest BCUT2D eigenvalue weighted by atomic mass is 9.99. The van der Waals surface area contributed by atoms with Crippen LogP contribution < -0.4 is 11.3 Å². The smallest absolute Gasteiger partial charge is 0.142 e. The summed E-state index contributed by atoms with van der Waals surface area (Å²) in [7, 11) is 0. The Bertz CT molecular complexity index is 620. The van der Waals surface area contributed by atoms with E-state index in [2.05, 4.69) is 5.43 Å². The summed E-state index contributed by atoms with van der Waals surface area (Å²) in [6, 6.07) is 8.13. The van der Waals surface area contributed by atoms with Crippen molar-refractivity contribution >= 4 is 23.2 Å². The van der Waals surface area contributed by atoms with E-state index in [4.69, 9.17) is 29.0 Å². The molecule has 0 aliphatic carbocycles. The molecule has 106 valence electrons. The minimum atomic E-state index is -0.545. The molecule has 0 heterocycles. The Hall–Kier alpha value is -1.20. The molecule has 2 aromatic carbocycles. The molecule has 0 amide bonds. The van der Waals surface area contributed by atoms with Gasteiger partial charge in [0.15, 0.2) is 0 Å². The molecule has 0 fully saturated rings. The molecule has 0 spiro atoms. The molecule has 6 heteroatoms. The zero-order valence-electron chi connectivity index (χ0n) is 10.3. The molecule has 1 atom stereocenters. The fourth-order valence-electron chi connectivity index (χ4n) is 1.97. The molecule has 1 unspecified atom stereocenters. The molecule has 2 nitrogen and oxygen atoms in total. The van der Waals surface area contributed by atoms with Crippen LogP contribution in [0.4, 0.5) is 8.78 Å². The van der Waals surface area contributed by atoms with Crippen LogP contribution in [0.15, 0.2) is 36.4 Å². The highest BCUT2D eigenvalue weighted by molar-refractivity contribution is 6.31. The first-order valence-electron chi connectivity index (χ1n) is 5.87. The van der Waals surface area contributed by atoms with Crippen molar-refractivity contribution in [2.75, 3.05) is 0 Å². The lowest BCUT2D eigenvalue weighted by Gasteiger charge is -2.18. The molecule has 0 aromatic heterocycles. The summed E-state index contributed by atoms with van der Waals surface area (Å²) in [5.74, 6) is 4.53. The van der Waals surface area contributed by atoms with Crippen LogP contribution in [0, 0.1) is 11.6 Å². The van der Waals surface area contributed by atoms with Crippen molar-refractivity contribution in [3.63, 3.8) is 0 Å². The van der Waals surface area contributed by atoms with Crippen LogP contribution >= 0.6 is 23.2 Å². The molecule has 3 N–H and O–H groups in total. The van der Waals surface area contributed by atoms with E-state index in [-0.39, 0.29) is 11.4 Å². The number of nitrogens with one attached hydrogen (secondary N) is 1. The van der Waals surface area contributed by atoms with Crippen LogP contribution in [-0.4, -0.2) is 0 Å². The molecular formula is C14H12Cl2F2N2. The van der Waals surface area contributed by atoms with Gasteiger partial charge in [-0.25, -0.2) is 8.78 Å². The Morgan fingerprint density at radius 3 is 2.55 bits per heavy atom. The third-order valence-electron chi connectivity index (χ3n) is 2.99. The average Bonchev–Trinajstić information content (AvgIpc) is 2.43. The first-order valence-corrected chi connectivity index (χ1v) is 6.62. The summed E-state index contributed by atoms with van der Waals surface area (Å²) in [5.41, 5.74) is 3.36. The van der Waals surface area contributed by atoms with Crippen molar-refractivity contribution in [2.24, 2.45) is 5.84 Å². The molecule has 20 heavy (non-hydrogen) atoms. The van der Waals surface area contributed by atoms with Crippen LogP contribution in [-0.2, 0) is 6.42 Å². The largest absolute Gasteiger partial charge is 0.271 e. The van der Waals surface area contributed by atoms with Gasteiger partial charge >= 0.3 is 0 Å². The van der Waals surface area contributed by atoms with Gasteiger partial charge in [-0.1, -0.05) is 35.3 Å². The topological polar surface area (TPSA) is 38.0 Å². The van der Waals surface area contributed by atoms with Crippen LogP contribution in [0.25, 0.3) is 0 Å². The molecular weight excluding hydrogens is 305 g/mol. The zero-order chi connectivity index (χ0) is 14.7. The van der Waals surface area contributed by atoms with E-state index < -0.39 is 17.7 Å². The van der Waals surface area contributed by atoms with E-state index in [0.717, 1.165) is 0 Å². The Balaban J connectivity index is 2.34. The van der Waals surface area contributed by atoms with Gasteiger partial charge in [0.25, 0.3) is 0 Å². The Kier molecular flexibility index (Phi) is 4.94. The maximum absolute atomic E-state index is 13.7. The van der Waals surface area contributed by atoms with Gasteiger partial charge in [0.2, 0.25) is 0 Å². The Morgan fingerprint density at radius 2 is 1.85 bits per heavy atom. The quantitative estimate of drug-likeness (QED) is 0.660. The average molecular weight is 317 g/mol. The summed E-state index contributed by atoms with van der Waals surface area (Å²) < 4.78 is 27.2. The normalized spacial score (nSPS) is 12.4. The number of halogens is 4. The summed E-state index contributed by atoms with van der Waals surface area (Å²) in [6.45, 7) is 0. The first kappa shape index (κ1) is 15.2. The summed E-state index contributed by atoms with van der Waals surface area (Å²) in [4.78, 5) is 0. The van der Waals surface area contributed by atoms with Gasteiger partial charge in [-0.15, -0.1) is 0 Å². The SMILES string of the molecule is NNC(Cc1cc(Cl)ccc1F)c1cccc(F)c1Cl. The molecule has 0 bridgehead atoms. The van der Waals surface area contributed by atoms with Gasteiger partial charge in [0.05, 0.1) is 11.1 Å². The number of hydrazine groups is 1. The van der Waals surface area contributed by atoms with Gasteiger partial charge in [0.1, 0.15) is 11.6 Å². The third-order valence-corrected chi connectivity index (χ3v) is 3.62. The molecule has 0 aliphatic rings. The lowest BCUT2D eigenvalue weighted by molar-refractivity contribution is 0.525. The Labute approximate surface area is 125 Å². The number of hydrogen-bond donors (Lipinski definition) is 2. The first-order chi connectivity index (χ1) is 9.52. The van der Waals surface area contributed by atoms with Crippen LogP contribution in [0.5, 0.6) is 0 Å². The van der Waals surface area contributed by atoms with Crippen molar-refractivity contribution in [3.05, 3.63) is 69.2 Å². The number of benzene rings is 2. The highest BCUT2D eigenvalue weighted by Gasteiger charge is 2.18. The van der Waals surface area contributed by atoms with Gasteiger partial charge in [-0.3, -0.25) is 11.3 Å². The molecule has 0 saturated heterocycles. The summed E-state index contributed by atoms with van der Waals surface area (Å²) in [5, 5.41) is 0.389. The number of nitrogens with two attached hydrogens (primary N) is 1. The number of hydrogen-bond acceptors (Lipinski definition) is 2. The van der Waals surface area contributed by atoms with Crippen LogP contribution in [0.2, 0.25) is 10.0 Å². The van der Waals surface area contributed by atoms with Gasteiger partial charge in [0, 0.05) is 5.02 Å². The third kappa shape index (κ3) is 3.27. The lowest BCUT2D eigenvalue weighted by Crippen LogP contribution is -2.30. The molecule has 2 aromatic rings. The van der Waals surface area contributed by atoms with Crippen molar-refractivity contribution in [3.8, 4) is 0 Å². The Morgan fingerprint density at radius 1 is 1.10 bits per heavy atom. The van der Waals surface area contributed by atoms with Gasteiger partial charge in [-0.2, -0.15) is 0 Å². The van der Waals surface area contributed by atoms with Gasteiger partial charge < -0.3 is 0 Å². The molecule has 0 saturated carbocycles. The van der Waals surface area contributed by atoms with Gasteiger partial charge in [-0.05, 0) is 41.8 Å². The highest BCUT2D eigenvalue weighted by atomic mass is 35.5. The second-order valence-electron chi connectivity index (χ2n) is 4.30. The van der Waals surface area contributed by atoms with Crippen molar-refractivity contribution in [2.45, 2.75) is 12.5 Å². The van der Waals surface area contributed by atoms with E-state index >= 15 is 0 Å². The van der Waals surface area contributed by atoms with Crippen molar-refractivity contribution in [1.82, 2.24) is 5.43 Å². The summed E-state index contributed by atoms with van der Waals surface area (Å²) in [6.07, 6.45) is 0.200. The second-order valence-corrected chi connectivity index (χ2v) is 5.12. The monoisotopic (exact) mass is 316 g/mol. The maximum Gasteiger partial charge on any atom is 0.142 e. The molecule has 2 rings (SSSR count). The summed E-state index contributed by atoms with van der Waals surface area (Å²) >= 11 is 11.8. The minimum Gasteiger partial charge on any atom is -0.271 e. The standard InChI is InChI=1S/C14H12Cl2F2N2/c15-9-4-5-11(17)8(6-9)7-13(20-19)10-2-1-3-12(18)14(10)16/h1-6,13,20H,7,19H2. The van der Waals surface area contributed by atoms with E-state index in [1.54, 1.807) is 6.07 Å². The predicted octanol–water partition coefficient (Wildman–Crippen LogP) is 4.02. The second kappa shape index (κ2) is 6.50. The van der Waals surface area contributed by atoms with E-state index in [1.165, 1.54) is 30.3 Å². The minimum absolute atomic E-state index is 0.0297.